The maximum absolute atomic E-state index is 12.1. The Bertz CT molecular complexity index is 667. The fourth-order valence-corrected chi connectivity index (χ4v) is 2.95. The summed E-state index contributed by atoms with van der Waals surface area (Å²) in [7, 11) is 0. The van der Waals surface area contributed by atoms with Crippen molar-refractivity contribution in [3.63, 3.8) is 0 Å². The van der Waals surface area contributed by atoms with Gasteiger partial charge in [0.1, 0.15) is 5.69 Å². The minimum Gasteiger partial charge on any atom is -0.395 e. The van der Waals surface area contributed by atoms with E-state index in [1.54, 1.807) is 0 Å². The van der Waals surface area contributed by atoms with Gasteiger partial charge in [0.05, 0.1) is 17.6 Å². The molecule has 1 saturated heterocycles. The maximum atomic E-state index is 12.1. The zero-order valence-corrected chi connectivity index (χ0v) is 11.5. The Kier molecular flexibility index (Phi) is 3.54. The average molecular weight is 273 g/mol. The highest BCUT2D eigenvalue weighted by molar-refractivity contribution is 5.73. The molecule has 0 amide bonds. The first-order valence-corrected chi connectivity index (χ1v) is 7.02. The van der Waals surface area contributed by atoms with Gasteiger partial charge in [-0.05, 0) is 31.0 Å². The Morgan fingerprint density at radius 2 is 2.25 bits per heavy atom. The van der Waals surface area contributed by atoms with Gasteiger partial charge in [0.25, 0.3) is 5.56 Å². The van der Waals surface area contributed by atoms with Crippen LogP contribution in [-0.2, 0) is 6.54 Å². The molecular formula is C15H19N3O2. The summed E-state index contributed by atoms with van der Waals surface area (Å²) in [4.78, 5) is 21.6. The van der Waals surface area contributed by atoms with Gasteiger partial charge >= 0.3 is 0 Å². The third-order valence-electron chi connectivity index (χ3n) is 4.21. The van der Waals surface area contributed by atoms with Crippen molar-refractivity contribution in [2.75, 3.05) is 13.2 Å². The quantitative estimate of drug-likeness (QED) is 0.879. The van der Waals surface area contributed by atoms with Crippen LogP contribution in [-0.4, -0.2) is 39.2 Å². The van der Waals surface area contributed by atoms with E-state index in [2.05, 4.69) is 21.8 Å². The molecule has 1 aliphatic heterocycles. The molecule has 3 rings (SSSR count). The van der Waals surface area contributed by atoms with Crippen molar-refractivity contribution in [2.24, 2.45) is 5.92 Å². The molecule has 2 heterocycles. The van der Waals surface area contributed by atoms with Gasteiger partial charge in [-0.2, -0.15) is 0 Å². The van der Waals surface area contributed by atoms with Gasteiger partial charge in [-0.1, -0.05) is 19.1 Å². The molecule has 0 saturated carbocycles. The van der Waals surface area contributed by atoms with Crippen LogP contribution in [0.5, 0.6) is 0 Å². The molecule has 0 radical (unpaired) electrons. The van der Waals surface area contributed by atoms with Crippen molar-refractivity contribution in [1.29, 1.82) is 0 Å². The van der Waals surface area contributed by atoms with E-state index in [4.69, 9.17) is 0 Å². The topological polar surface area (TPSA) is 69.2 Å². The summed E-state index contributed by atoms with van der Waals surface area (Å²) in [5, 5.41) is 9.48. The van der Waals surface area contributed by atoms with Crippen molar-refractivity contribution in [2.45, 2.75) is 25.9 Å². The predicted molar refractivity (Wildman–Crippen MR) is 77.4 cm³/mol. The van der Waals surface area contributed by atoms with Crippen molar-refractivity contribution in [3.05, 3.63) is 40.3 Å². The van der Waals surface area contributed by atoms with E-state index in [1.165, 1.54) is 0 Å². The zero-order valence-electron chi connectivity index (χ0n) is 11.5. The molecule has 0 aliphatic carbocycles. The van der Waals surface area contributed by atoms with Gasteiger partial charge in [-0.3, -0.25) is 9.69 Å². The number of fused-ring (bicyclic) bond motifs is 1. The van der Waals surface area contributed by atoms with E-state index < -0.39 is 0 Å². The van der Waals surface area contributed by atoms with Crippen molar-refractivity contribution in [3.8, 4) is 0 Å². The number of aliphatic hydroxyl groups excluding tert-OH is 1. The Balaban J connectivity index is 1.91. The lowest BCUT2D eigenvalue weighted by molar-refractivity contribution is 0.133. The number of H-pyrrole nitrogens is 1. The Labute approximate surface area is 117 Å². The lowest BCUT2D eigenvalue weighted by atomic mass is 10.0. The zero-order chi connectivity index (χ0) is 14.1. The van der Waals surface area contributed by atoms with E-state index in [0.717, 1.165) is 24.0 Å². The molecule has 2 unspecified atom stereocenters. The number of likely N-dealkylation sites (tertiary alicyclic amines) is 1. The van der Waals surface area contributed by atoms with E-state index in [-0.39, 0.29) is 18.2 Å². The van der Waals surface area contributed by atoms with Gasteiger partial charge in [-0.15, -0.1) is 0 Å². The number of rotatable bonds is 3. The molecule has 2 aromatic rings. The second-order valence-electron chi connectivity index (χ2n) is 5.52. The van der Waals surface area contributed by atoms with Crippen LogP contribution < -0.4 is 5.56 Å². The summed E-state index contributed by atoms with van der Waals surface area (Å²) in [6, 6.07) is 7.66. The van der Waals surface area contributed by atoms with E-state index in [9.17, 15) is 9.90 Å². The van der Waals surface area contributed by atoms with E-state index in [0.29, 0.717) is 18.2 Å². The van der Waals surface area contributed by atoms with Gasteiger partial charge < -0.3 is 10.1 Å². The molecule has 5 heteroatoms. The third-order valence-corrected chi connectivity index (χ3v) is 4.21. The largest absolute Gasteiger partial charge is 0.395 e. The van der Waals surface area contributed by atoms with Crippen LogP contribution in [0.15, 0.2) is 29.1 Å². The van der Waals surface area contributed by atoms with Crippen molar-refractivity contribution >= 4 is 11.0 Å². The Morgan fingerprint density at radius 3 is 3.05 bits per heavy atom. The smallest absolute Gasteiger partial charge is 0.271 e. The lowest BCUT2D eigenvalue weighted by Gasteiger charge is -2.24. The number of para-hydroxylation sites is 2. The summed E-state index contributed by atoms with van der Waals surface area (Å²) in [6.45, 7) is 3.67. The summed E-state index contributed by atoms with van der Waals surface area (Å²) in [5.74, 6) is 0.458. The molecule has 1 aromatic carbocycles. The van der Waals surface area contributed by atoms with Crippen LogP contribution in [0.4, 0.5) is 0 Å². The molecule has 0 bridgehead atoms. The summed E-state index contributed by atoms with van der Waals surface area (Å²) < 4.78 is 0. The number of hydrogen-bond donors (Lipinski definition) is 2. The first-order valence-electron chi connectivity index (χ1n) is 7.02. The highest BCUT2D eigenvalue weighted by Gasteiger charge is 2.31. The van der Waals surface area contributed by atoms with Crippen molar-refractivity contribution < 1.29 is 5.11 Å². The number of hydrogen-bond acceptors (Lipinski definition) is 4. The Hall–Kier alpha value is -1.72. The van der Waals surface area contributed by atoms with Crippen LogP contribution in [0.1, 0.15) is 19.0 Å². The number of benzene rings is 1. The molecule has 106 valence electrons. The third kappa shape index (κ3) is 2.34. The van der Waals surface area contributed by atoms with Crippen LogP contribution in [0.25, 0.3) is 11.0 Å². The highest BCUT2D eigenvalue weighted by atomic mass is 16.3. The van der Waals surface area contributed by atoms with Gasteiger partial charge in [0.2, 0.25) is 0 Å². The molecule has 1 aliphatic rings. The minimum absolute atomic E-state index is 0.127. The molecule has 0 spiro atoms. The first kappa shape index (κ1) is 13.3. The van der Waals surface area contributed by atoms with Gasteiger partial charge in [-0.25, -0.2) is 4.98 Å². The molecule has 2 atom stereocenters. The fraction of sp³-hybridized carbons (Fsp3) is 0.467. The second kappa shape index (κ2) is 5.34. The number of aromatic amines is 1. The summed E-state index contributed by atoms with van der Waals surface area (Å²) >= 11 is 0. The number of nitrogens with zero attached hydrogens (tertiary/aromatic N) is 2. The van der Waals surface area contributed by atoms with Crippen LogP contribution in [0.3, 0.4) is 0 Å². The summed E-state index contributed by atoms with van der Waals surface area (Å²) in [6.07, 6.45) is 1.05. The van der Waals surface area contributed by atoms with Crippen LogP contribution >= 0.6 is 0 Å². The average Bonchev–Trinajstić information content (AvgIpc) is 2.80. The number of nitrogens with one attached hydrogen (secondary N) is 1. The SMILES string of the molecule is CC1CCN(Cc2nc3ccccc3[nH]c2=O)C1CO. The molecule has 1 aromatic heterocycles. The molecule has 1 fully saturated rings. The van der Waals surface area contributed by atoms with E-state index >= 15 is 0 Å². The van der Waals surface area contributed by atoms with Crippen molar-refractivity contribution in [1.82, 2.24) is 14.9 Å². The lowest BCUT2D eigenvalue weighted by Crippen LogP contribution is -2.36. The minimum atomic E-state index is -0.139. The standard InChI is InChI=1S/C15H19N3O2/c1-10-6-7-18(14(10)9-19)8-13-15(20)17-12-5-3-2-4-11(12)16-13/h2-5,10,14,19H,6-9H2,1H3,(H,17,20). The van der Waals surface area contributed by atoms with Gasteiger partial charge in [0, 0.05) is 12.6 Å². The maximum Gasteiger partial charge on any atom is 0.271 e. The Morgan fingerprint density at radius 1 is 1.45 bits per heavy atom. The summed E-state index contributed by atoms with van der Waals surface area (Å²) in [5.41, 5.74) is 1.95. The molecular weight excluding hydrogens is 254 g/mol. The number of aromatic nitrogens is 2. The molecule has 2 N–H and O–H groups in total. The first-order chi connectivity index (χ1) is 9.69. The predicted octanol–water partition coefficient (Wildman–Crippen LogP) is 1.13. The second-order valence-corrected chi connectivity index (χ2v) is 5.52. The van der Waals surface area contributed by atoms with Crippen LogP contribution in [0, 0.1) is 5.92 Å². The molecule has 20 heavy (non-hydrogen) atoms. The van der Waals surface area contributed by atoms with E-state index in [1.807, 2.05) is 24.3 Å². The normalized spacial score (nSPS) is 23.5. The monoisotopic (exact) mass is 273 g/mol. The fourth-order valence-electron chi connectivity index (χ4n) is 2.95. The van der Waals surface area contributed by atoms with Crippen LogP contribution in [0.2, 0.25) is 0 Å². The highest BCUT2D eigenvalue weighted by Crippen LogP contribution is 2.24. The number of aliphatic hydroxyl groups is 1. The van der Waals surface area contributed by atoms with Gasteiger partial charge in [0.15, 0.2) is 0 Å². The molecule has 5 nitrogen and oxygen atoms in total.